The molecule has 1 aromatic rings. The number of methoxy groups -OCH3 is 1. The topological polar surface area (TPSA) is 64.3 Å². The van der Waals surface area contributed by atoms with Gasteiger partial charge in [-0.2, -0.15) is 0 Å². The number of nitrogens with one attached hydrogen (secondary N) is 1. The van der Waals surface area contributed by atoms with Crippen LogP contribution in [0.4, 0.5) is 0 Å². The minimum absolute atomic E-state index is 0.0186. The molecule has 0 aromatic heterocycles. The lowest BCUT2D eigenvalue weighted by molar-refractivity contribution is -0.122. The number of hydrogen-bond donors (Lipinski definition) is 2. The Hall–Kier alpha value is -1.55. The van der Waals surface area contributed by atoms with E-state index in [4.69, 9.17) is 10.5 Å². The maximum atomic E-state index is 12.1. The van der Waals surface area contributed by atoms with Crippen LogP contribution in [-0.4, -0.2) is 25.1 Å². The van der Waals surface area contributed by atoms with Crippen molar-refractivity contribution in [2.75, 3.05) is 13.7 Å². The minimum atomic E-state index is -0.365. The van der Waals surface area contributed by atoms with Gasteiger partial charge in [0.15, 0.2) is 0 Å². The van der Waals surface area contributed by atoms with Gasteiger partial charge in [-0.3, -0.25) is 4.79 Å². The highest BCUT2D eigenvalue weighted by Gasteiger charge is 2.28. The molecule has 0 saturated carbocycles. The van der Waals surface area contributed by atoms with Crippen molar-refractivity contribution in [3.63, 3.8) is 0 Å². The Balaban J connectivity index is 2.69. The van der Waals surface area contributed by atoms with Gasteiger partial charge in [0.1, 0.15) is 5.75 Å². The lowest BCUT2D eigenvalue weighted by Gasteiger charge is -2.33. The zero-order valence-electron chi connectivity index (χ0n) is 12.2. The van der Waals surface area contributed by atoms with E-state index < -0.39 is 0 Å². The smallest absolute Gasteiger partial charge is 0.224 e. The van der Waals surface area contributed by atoms with Gasteiger partial charge in [-0.1, -0.05) is 26.0 Å². The highest BCUT2D eigenvalue weighted by atomic mass is 16.5. The lowest BCUT2D eigenvalue weighted by Crippen LogP contribution is -2.55. The molecule has 0 bridgehead atoms. The summed E-state index contributed by atoms with van der Waals surface area (Å²) in [5, 5.41) is 3.02. The van der Waals surface area contributed by atoms with E-state index in [9.17, 15) is 4.79 Å². The average Bonchev–Trinajstić information content (AvgIpc) is 2.38. The molecular formula is C15H24N2O2. The van der Waals surface area contributed by atoms with Crippen LogP contribution in [0.15, 0.2) is 24.3 Å². The average molecular weight is 264 g/mol. The van der Waals surface area contributed by atoms with Crippen LogP contribution in [0.3, 0.4) is 0 Å². The maximum Gasteiger partial charge on any atom is 0.224 e. The van der Waals surface area contributed by atoms with E-state index in [1.807, 2.05) is 31.2 Å². The number of ether oxygens (including phenoxy) is 1. The largest absolute Gasteiger partial charge is 0.497 e. The summed E-state index contributed by atoms with van der Waals surface area (Å²) >= 11 is 0. The molecule has 4 heteroatoms. The standard InChI is InChI=1S/C15H24N2O2/c1-11(2)15(3,10-16)17-14(18)9-12-6-5-7-13(8-12)19-4/h5-8,11H,9-10,16H2,1-4H3,(H,17,18). The first-order valence-corrected chi connectivity index (χ1v) is 6.55. The van der Waals surface area contributed by atoms with E-state index in [0.717, 1.165) is 11.3 Å². The molecule has 3 N–H and O–H groups in total. The number of rotatable bonds is 6. The van der Waals surface area contributed by atoms with Crippen LogP contribution in [0, 0.1) is 5.92 Å². The fourth-order valence-electron chi connectivity index (χ4n) is 1.76. The first-order chi connectivity index (χ1) is 8.91. The van der Waals surface area contributed by atoms with Crippen molar-refractivity contribution >= 4 is 5.91 Å². The fourth-order valence-corrected chi connectivity index (χ4v) is 1.76. The number of carbonyl (C=O) groups is 1. The molecule has 0 aliphatic rings. The summed E-state index contributed by atoms with van der Waals surface area (Å²) in [6.07, 6.45) is 0.333. The van der Waals surface area contributed by atoms with Gasteiger partial charge in [-0.05, 0) is 30.5 Å². The summed E-state index contributed by atoms with van der Waals surface area (Å²) in [4.78, 5) is 12.1. The zero-order chi connectivity index (χ0) is 14.5. The van der Waals surface area contributed by atoms with Gasteiger partial charge in [0.2, 0.25) is 5.91 Å². The summed E-state index contributed by atoms with van der Waals surface area (Å²) in [5.74, 6) is 1.03. The fraction of sp³-hybridized carbons (Fsp3) is 0.533. The normalized spacial score (nSPS) is 14.0. The predicted octanol–water partition coefficient (Wildman–Crippen LogP) is 1.73. The van der Waals surface area contributed by atoms with Gasteiger partial charge >= 0.3 is 0 Å². The zero-order valence-corrected chi connectivity index (χ0v) is 12.2. The molecule has 0 aliphatic heterocycles. The molecule has 0 aliphatic carbocycles. The van der Waals surface area contributed by atoms with Crippen molar-refractivity contribution in [2.45, 2.75) is 32.7 Å². The molecular weight excluding hydrogens is 240 g/mol. The van der Waals surface area contributed by atoms with E-state index in [0.29, 0.717) is 13.0 Å². The van der Waals surface area contributed by atoms with Gasteiger partial charge in [0.25, 0.3) is 0 Å². The molecule has 1 aromatic carbocycles. The second kappa shape index (κ2) is 6.57. The van der Waals surface area contributed by atoms with Crippen molar-refractivity contribution in [3.05, 3.63) is 29.8 Å². The van der Waals surface area contributed by atoms with Crippen molar-refractivity contribution in [2.24, 2.45) is 11.7 Å². The van der Waals surface area contributed by atoms with Crippen molar-refractivity contribution in [1.29, 1.82) is 0 Å². The molecule has 0 heterocycles. The van der Waals surface area contributed by atoms with Crippen LogP contribution >= 0.6 is 0 Å². The summed E-state index contributed by atoms with van der Waals surface area (Å²) in [6.45, 7) is 6.51. The van der Waals surface area contributed by atoms with Crippen molar-refractivity contribution in [1.82, 2.24) is 5.32 Å². The summed E-state index contributed by atoms with van der Waals surface area (Å²) < 4.78 is 5.15. The SMILES string of the molecule is COc1cccc(CC(=O)NC(C)(CN)C(C)C)c1. The number of amides is 1. The third-order valence-electron chi connectivity index (χ3n) is 3.62. The lowest BCUT2D eigenvalue weighted by atomic mass is 9.88. The molecule has 1 rings (SSSR count). The Morgan fingerprint density at radius 1 is 1.47 bits per heavy atom. The molecule has 0 fully saturated rings. The van der Waals surface area contributed by atoms with E-state index in [1.54, 1.807) is 7.11 Å². The van der Waals surface area contributed by atoms with Crippen molar-refractivity contribution < 1.29 is 9.53 Å². The predicted molar refractivity (Wildman–Crippen MR) is 77.1 cm³/mol. The summed E-state index contributed by atoms with van der Waals surface area (Å²) in [5.41, 5.74) is 6.33. The quantitative estimate of drug-likeness (QED) is 0.822. The van der Waals surface area contributed by atoms with Gasteiger partial charge in [-0.25, -0.2) is 0 Å². The van der Waals surface area contributed by atoms with Gasteiger partial charge in [0, 0.05) is 6.54 Å². The van der Waals surface area contributed by atoms with Crippen LogP contribution < -0.4 is 15.8 Å². The second-order valence-corrected chi connectivity index (χ2v) is 5.35. The Kier molecular flexibility index (Phi) is 5.36. The molecule has 0 saturated heterocycles. The van der Waals surface area contributed by atoms with E-state index in [1.165, 1.54) is 0 Å². The Bertz CT molecular complexity index is 432. The monoisotopic (exact) mass is 264 g/mol. The molecule has 1 amide bonds. The number of hydrogen-bond acceptors (Lipinski definition) is 3. The molecule has 106 valence electrons. The molecule has 4 nitrogen and oxygen atoms in total. The number of nitrogens with two attached hydrogens (primary N) is 1. The number of carbonyl (C=O) groups excluding carboxylic acids is 1. The summed E-state index contributed by atoms with van der Waals surface area (Å²) in [6, 6.07) is 7.53. The van der Waals surface area contributed by atoms with E-state index in [-0.39, 0.29) is 17.4 Å². The second-order valence-electron chi connectivity index (χ2n) is 5.35. The van der Waals surface area contributed by atoms with Crippen LogP contribution in [-0.2, 0) is 11.2 Å². The summed E-state index contributed by atoms with van der Waals surface area (Å²) in [7, 11) is 1.61. The first-order valence-electron chi connectivity index (χ1n) is 6.55. The number of benzene rings is 1. The third-order valence-corrected chi connectivity index (χ3v) is 3.62. The minimum Gasteiger partial charge on any atom is -0.497 e. The van der Waals surface area contributed by atoms with Crippen LogP contribution in [0.2, 0.25) is 0 Å². The maximum absolute atomic E-state index is 12.1. The van der Waals surface area contributed by atoms with E-state index >= 15 is 0 Å². The molecule has 0 spiro atoms. The molecule has 19 heavy (non-hydrogen) atoms. The Morgan fingerprint density at radius 3 is 2.68 bits per heavy atom. The van der Waals surface area contributed by atoms with Crippen LogP contribution in [0.1, 0.15) is 26.3 Å². The molecule has 0 radical (unpaired) electrons. The Morgan fingerprint density at radius 2 is 2.16 bits per heavy atom. The Labute approximate surface area is 115 Å². The van der Waals surface area contributed by atoms with Crippen LogP contribution in [0.25, 0.3) is 0 Å². The van der Waals surface area contributed by atoms with Crippen LogP contribution in [0.5, 0.6) is 5.75 Å². The van der Waals surface area contributed by atoms with Gasteiger partial charge < -0.3 is 15.8 Å². The molecule has 1 atom stereocenters. The molecule has 1 unspecified atom stereocenters. The third kappa shape index (κ3) is 4.24. The first kappa shape index (κ1) is 15.5. The highest BCUT2D eigenvalue weighted by molar-refractivity contribution is 5.79. The van der Waals surface area contributed by atoms with E-state index in [2.05, 4.69) is 19.2 Å². The van der Waals surface area contributed by atoms with Gasteiger partial charge in [0.05, 0.1) is 19.1 Å². The van der Waals surface area contributed by atoms with Gasteiger partial charge in [-0.15, -0.1) is 0 Å². The highest BCUT2D eigenvalue weighted by Crippen LogP contribution is 2.16. The van der Waals surface area contributed by atoms with Crippen molar-refractivity contribution in [3.8, 4) is 5.75 Å².